The third kappa shape index (κ3) is 3.31. The zero-order valence-corrected chi connectivity index (χ0v) is 24.3. The third-order valence-electron chi connectivity index (χ3n) is 8.96. The molecule has 0 aliphatic carbocycles. The minimum absolute atomic E-state index is 0.842. The van der Waals surface area contributed by atoms with E-state index in [0.717, 1.165) is 39.1 Å². The van der Waals surface area contributed by atoms with Crippen LogP contribution in [0.2, 0.25) is 0 Å². The minimum atomic E-state index is 0.842. The maximum absolute atomic E-state index is 5.38. The second-order valence-electron chi connectivity index (χ2n) is 11.4. The van der Waals surface area contributed by atoms with Gasteiger partial charge in [0, 0.05) is 36.5 Å². The van der Waals surface area contributed by atoms with Crippen LogP contribution in [-0.4, -0.2) is 14.5 Å². The van der Waals surface area contributed by atoms with Gasteiger partial charge >= 0.3 is 0 Å². The first-order valence-electron chi connectivity index (χ1n) is 14.8. The van der Waals surface area contributed by atoms with Crippen molar-refractivity contribution in [2.24, 2.45) is 0 Å². The molecule has 0 saturated carbocycles. The minimum Gasteiger partial charge on any atom is -0.292 e. The van der Waals surface area contributed by atoms with E-state index in [9.17, 15) is 0 Å². The van der Waals surface area contributed by atoms with E-state index in [1.54, 1.807) is 0 Å². The molecule has 0 amide bonds. The Balaban J connectivity index is 1.37. The molecular formula is C40H23N3S. The van der Waals surface area contributed by atoms with Crippen molar-refractivity contribution in [3.05, 3.63) is 140 Å². The van der Waals surface area contributed by atoms with Gasteiger partial charge in [0.05, 0.1) is 22.1 Å². The van der Waals surface area contributed by atoms with Gasteiger partial charge in [0.2, 0.25) is 0 Å². The molecule has 44 heavy (non-hydrogen) atoms. The van der Waals surface area contributed by atoms with E-state index in [2.05, 4.69) is 132 Å². The molecule has 4 heteroatoms. The molecule has 3 nitrogen and oxygen atoms in total. The van der Waals surface area contributed by atoms with Gasteiger partial charge in [0.25, 0.3) is 0 Å². The lowest BCUT2D eigenvalue weighted by Gasteiger charge is -2.14. The Morgan fingerprint density at radius 2 is 1.02 bits per heavy atom. The average Bonchev–Trinajstić information content (AvgIpc) is 3.63. The lowest BCUT2D eigenvalue weighted by Crippen LogP contribution is -2.03. The summed E-state index contributed by atoms with van der Waals surface area (Å²) in [5, 5.41) is 10.0. The van der Waals surface area contributed by atoms with Gasteiger partial charge < -0.3 is 0 Å². The molecule has 0 fully saturated rings. The van der Waals surface area contributed by atoms with Gasteiger partial charge in [0.15, 0.2) is 5.82 Å². The highest BCUT2D eigenvalue weighted by atomic mass is 32.1. The third-order valence-corrected chi connectivity index (χ3v) is 10.1. The average molecular weight is 578 g/mol. The van der Waals surface area contributed by atoms with Crippen molar-refractivity contribution in [2.75, 3.05) is 0 Å². The summed E-state index contributed by atoms with van der Waals surface area (Å²) in [6.07, 6.45) is 0. The number of aromatic nitrogens is 3. The number of para-hydroxylation sites is 2. The lowest BCUT2D eigenvalue weighted by molar-refractivity contribution is 1.08. The Hall–Kier alpha value is -5.58. The van der Waals surface area contributed by atoms with Crippen LogP contribution < -0.4 is 0 Å². The summed E-state index contributed by atoms with van der Waals surface area (Å²) in [5.41, 5.74) is 5.97. The Bertz CT molecular complexity index is 2690. The van der Waals surface area contributed by atoms with Crippen molar-refractivity contribution in [2.45, 2.75) is 0 Å². The molecule has 0 N–H and O–H groups in total. The van der Waals surface area contributed by atoms with Crippen molar-refractivity contribution < 1.29 is 0 Å². The maximum atomic E-state index is 5.38. The Labute approximate surface area is 256 Å². The first kappa shape index (κ1) is 23.9. The fraction of sp³-hybridized carbons (Fsp3) is 0. The second-order valence-corrected chi connectivity index (χ2v) is 12.5. The van der Waals surface area contributed by atoms with Crippen LogP contribution in [0.4, 0.5) is 0 Å². The molecule has 0 spiro atoms. The first-order chi connectivity index (χ1) is 21.8. The molecule has 10 rings (SSSR count). The molecule has 204 valence electrons. The van der Waals surface area contributed by atoms with Gasteiger partial charge in [0.1, 0.15) is 5.69 Å². The zero-order valence-electron chi connectivity index (χ0n) is 23.5. The van der Waals surface area contributed by atoms with Crippen LogP contribution >= 0.6 is 11.3 Å². The highest BCUT2D eigenvalue weighted by molar-refractivity contribution is 7.25. The molecule has 7 aromatic carbocycles. The Morgan fingerprint density at radius 1 is 0.455 bits per heavy atom. The van der Waals surface area contributed by atoms with E-state index in [1.165, 1.54) is 52.5 Å². The van der Waals surface area contributed by atoms with Crippen LogP contribution in [0, 0.1) is 0 Å². The molecule has 0 aliphatic heterocycles. The highest BCUT2D eigenvalue weighted by Crippen LogP contribution is 2.43. The monoisotopic (exact) mass is 577 g/mol. The Morgan fingerprint density at radius 3 is 1.73 bits per heavy atom. The molecule has 10 aromatic rings. The molecule has 0 unspecified atom stereocenters. The van der Waals surface area contributed by atoms with E-state index >= 15 is 0 Å². The summed E-state index contributed by atoms with van der Waals surface area (Å²) in [5.74, 6) is 0.842. The van der Waals surface area contributed by atoms with Gasteiger partial charge in [-0.3, -0.25) is 4.57 Å². The molecule has 3 aromatic heterocycles. The predicted octanol–water partition coefficient (Wildman–Crippen LogP) is 11.1. The summed E-state index contributed by atoms with van der Waals surface area (Å²) in [7, 11) is 0. The number of thiophene rings is 1. The largest absolute Gasteiger partial charge is 0.292 e. The van der Waals surface area contributed by atoms with Crippen LogP contribution in [0.1, 0.15) is 0 Å². The van der Waals surface area contributed by atoms with Crippen LogP contribution in [0.25, 0.3) is 91.6 Å². The SMILES string of the molecule is c1ccc2c(c1)ccc1c2c2c3ccccc3ccc2n1-c1nc2ccccc2nc1-c1ccc2c(c1)sc1ccccc12. The van der Waals surface area contributed by atoms with Gasteiger partial charge in [-0.25, -0.2) is 9.97 Å². The van der Waals surface area contributed by atoms with E-state index in [4.69, 9.17) is 9.97 Å². The summed E-state index contributed by atoms with van der Waals surface area (Å²) in [6.45, 7) is 0. The highest BCUT2D eigenvalue weighted by Gasteiger charge is 2.22. The number of benzene rings is 7. The van der Waals surface area contributed by atoms with E-state index in [0.29, 0.717) is 0 Å². The first-order valence-corrected chi connectivity index (χ1v) is 15.7. The summed E-state index contributed by atoms with van der Waals surface area (Å²) >= 11 is 1.83. The predicted molar refractivity (Wildman–Crippen MR) is 187 cm³/mol. The van der Waals surface area contributed by atoms with Gasteiger partial charge in [-0.15, -0.1) is 11.3 Å². The lowest BCUT2D eigenvalue weighted by atomic mass is 10.00. The van der Waals surface area contributed by atoms with E-state index in [1.807, 2.05) is 23.5 Å². The van der Waals surface area contributed by atoms with E-state index < -0.39 is 0 Å². The van der Waals surface area contributed by atoms with Crippen molar-refractivity contribution in [1.82, 2.24) is 14.5 Å². The molecule has 0 saturated heterocycles. The van der Waals surface area contributed by atoms with Crippen LogP contribution in [-0.2, 0) is 0 Å². The van der Waals surface area contributed by atoms with Crippen molar-refractivity contribution in [3.8, 4) is 17.1 Å². The fourth-order valence-corrected chi connectivity index (χ4v) is 8.14. The van der Waals surface area contributed by atoms with E-state index in [-0.39, 0.29) is 0 Å². The van der Waals surface area contributed by atoms with Gasteiger partial charge in [-0.2, -0.15) is 0 Å². The standard InChI is InChI=1S/C40H23N3S/c1-3-11-27-24(9-1)18-21-33-37(27)38-28-12-4-2-10-25(28)19-22-34(38)43(33)40-39(41-31-14-6-7-15-32(31)42-40)26-17-20-30-29-13-5-8-16-35(29)44-36(30)23-26/h1-23H. The second kappa shape index (κ2) is 8.96. The number of fused-ring (bicyclic) bond motifs is 11. The normalized spacial score (nSPS) is 12.1. The van der Waals surface area contributed by atoms with Gasteiger partial charge in [-0.05, 0) is 57.9 Å². The number of rotatable bonds is 2. The van der Waals surface area contributed by atoms with Crippen LogP contribution in [0.3, 0.4) is 0 Å². The summed E-state index contributed by atoms with van der Waals surface area (Å²) < 4.78 is 4.89. The molecule has 0 bridgehead atoms. The Kier molecular flexibility index (Phi) is 4.87. The smallest absolute Gasteiger partial charge is 0.165 e. The number of hydrogen-bond donors (Lipinski definition) is 0. The number of nitrogens with zero attached hydrogens (tertiary/aromatic N) is 3. The summed E-state index contributed by atoms with van der Waals surface area (Å²) in [4.78, 5) is 10.7. The molecule has 0 atom stereocenters. The summed E-state index contributed by atoms with van der Waals surface area (Å²) in [6, 6.07) is 49.9. The topological polar surface area (TPSA) is 30.7 Å². The molecule has 3 heterocycles. The van der Waals surface area contributed by atoms with Gasteiger partial charge in [-0.1, -0.05) is 103 Å². The molecular weight excluding hydrogens is 555 g/mol. The maximum Gasteiger partial charge on any atom is 0.165 e. The fourth-order valence-electron chi connectivity index (χ4n) is 6.99. The van der Waals surface area contributed by atoms with Crippen LogP contribution in [0.5, 0.6) is 0 Å². The van der Waals surface area contributed by atoms with Crippen molar-refractivity contribution in [1.29, 1.82) is 0 Å². The number of hydrogen-bond acceptors (Lipinski definition) is 3. The van der Waals surface area contributed by atoms with Crippen molar-refractivity contribution in [3.63, 3.8) is 0 Å². The molecule has 0 aliphatic rings. The zero-order chi connectivity index (χ0) is 28.8. The molecule has 0 radical (unpaired) electrons. The quantitative estimate of drug-likeness (QED) is 0.205. The van der Waals surface area contributed by atoms with Crippen molar-refractivity contribution >= 4 is 85.9 Å². The van der Waals surface area contributed by atoms with Crippen LogP contribution in [0.15, 0.2) is 140 Å².